The van der Waals surface area contributed by atoms with Crippen molar-refractivity contribution < 1.29 is 9.90 Å². The van der Waals surface area contributed by atoms with Crippen LogP contribution in [-0.2, 0) is 4.79 Å². The minimum absolute atomic E-state index is 0.00282. The van der Waals surface area contributed by atoms with Gasteiger partial charge < -0.3 is 10.4 Å². The maximum Gasteiger partial charge on any atom is 0.232 e. The van der Waals surface area contributed by atoms with Crippen LogP contribution in [-0.4, -0.2) is 11.0 Å². The Bertz CT molecular complexity index is 622. The fourth-order valence-electron chi connectivity index (χ4n) is 2.72. The molecule has 0 saturated carbocycles. The molecule has 0 spiro atoms. The van der Waals surface area contributed by atoms with Gasteiger partial charge >= 0.3 is 0 Å². The zero-order valence-corrected chi connectivity index (χ0v) is 10.6. The summed E-state index contributed by atoms with van der Waals surface area (Å²) >= 11 is 0. The molecular formula is C16H15NO2. The van der Waals surface area contributed by atoms with Gasteiger partial charge in [-0.3, -0.25) is 4.79 Å². The van der Waals surface area contributed by atoms with Crippen LogP contribution in [0.25, 0.3) is 0 Å². The van der Waals surface area contributed by atoms with E-state index in [0.717, 1.165) is 16.8 Å². The summed E-state index contributed by atoms with van der Waals surface area (Å²) in [5.74, 6) is 0.0196. The van der Waals surface area contributed by atoms with E-state index in [1.165, 1.54) is 0 Å². The van der Waals surface area contributed by atoms with E-state index < -0.39 is 0 Å². The molecule has 0 radical (unpaired) electrons. The monoisotopic (exact) mass is 253 g/mol. The fourth-order valence-corrected chi connectivity index (χ4v) is 2.72. The molecule has 96 valence electrons. The number of fused-ring (bicyclic) bond motifs is 1. The zero-order chi connectivity index (χ0) is 13.4. The number of aromatic hydroxyl groups is 1. The summed E-state index contributed by atoms with van der Waals surface area (Å²) in [6, 6.07) is 15.0. The lowest BCUT2D eigenvalue weighted by Gasteiger charge is -2.18. The number of anilines is 1. The first kappa shape index (κ1) is 11.8. The van der Waals surface area contributed by atoms with Crippen LogP contribution in [0.4, 0.5) is 5.69 Å². The first-order valence-electron chi connectivity index (χ1n) is 6.35. The minimum Gasteiger partial charge on any atom is -0.508 e. The normalized spacial score (nSPS) is 18.8. The molecule has 1 heterocycles. The maximum absolute atomic E-state index is 12.2. The van der Waals surface area contributed by atoms with E-state index in [4.69, 9.17) is 0 Å². The highest BCUT2D eigenvalue weighted by molar-refractivity contribution is 6.03. The molecule has 0 bridgehead atoms. The van der Waals surface area contributed by atoms with Crippen molar-refractivity contribution in [1.82, 2.24) is 0 Å². The van der Waals surface area contributed by atoms with Gasteiger partial charge in [-0.1, -0.05) is 37.3 Å². The van der Waals surface area contributed by atoms with E-state index in [1.54, 1.807) is 18.2 Å². The molecule has 3 nitrogen and oxygen atoms in total. The summed E-state index contributed by atoms with van der Waals surface area (Å²) in [6.07, 6.45) is 0. The molecule has 1 amide bonds. The van der Waals surface area contributed by atoms with Crippen molar-refractivity contribution in [3.05, 3.63) is 59.7 Å². The SMILES string of the molecule is CC(c1ccccc1)C1C(=O)Nc2ccc(O)cc21. The van der Waals surface area contributed by atoms with Crippen molar-refractivity contribution in [2.75, 3.05) is 5.32 Å². The number of hydrogen-bond donors (Lipinski definition) is 2. The lowest BCUT2D eigenvalue weighted by Crippen LogP contribution is -2.17. The Balaban J connectivity index is 2.02. The summed E-state index contributed by atoms with van der Waals surface area (Å²) in [5.41, 5.74) is 2.80. The van der Waals surface area contributed by atoms with Crippen molar-refractivity contribution in [1.29, 1.82) is 0 Å². The first-order chi connectivity index (χ1) is 9.16. The van der Waals surface area contributed by atoms with E-state index in [9.17, 15) is 9.90 Å². The molecule has 0 saturated heterocycles. The third kappa shape index (κ3) is 1.97. The minimum atomic E-state index is -0.246. The molecule has 0 aromatic heterocycles. The van der Waals surface area contributed by atoms with Crippen LogP contribution < -0.4 is 5.32 Å². The molecule has 0 aliphatic carbocycles. The number of rotatable bonds is 2. The number of hydrogen-bond acceptors (Lipinski definition) is 2. The van der Waals surface area contributed by atoms with Gasteiger partial charge in [0.25, 0.3) is 0 Å². The highest BCUT2D eigenvalue weighted by atomic mass is 16.3. The van der Waals surface area contributed by atoms with E-state index in [0.29, 0.717) is 0 Å². The lowest BCUT2D eigenvalue weighted by atomic mass is 9.83. The fraction of sp³-hybridized carbons (Fsp3) is 0.188. The van der Waals surface area contributed by atoms with Crippen molar-refractivity contribution in [2.45, 2.75) is 18.8 Å². The van der Waals surface area contributed by atoms with Crippen LogP contribution in [0.15, 0.2) is 48.5 Å². The number of benzene rings is 2. The second kappa shape index (κ2) is 4.43. The van der Waals surface area contributed by atoms with Crippen LogP contribution in [0.3, 0.4) is 0 Å². The number of amides is 1. The Kier molecular flexibility index (Phi) is 2.75. The average molecular weight is 253 g/mol. The van der Waals surface area contributed by atoms with Crippen LogP contribution in [0.2, 0.25) is 0 Å². The standard InChI is InChI=1S/C16H15NO2/c1-10(11-5-3-2-4-6-11)15-13-9-12(18)7-8-14(13)17-16(15)19/h2-10,15,18H,1H3,(H,17,19). The maximum atomic E-state index is 12.2. The Morgan fingerprint density at radius 1 is 1.16 bits per heavy atom. The van der Waals surface area contributed by atoms with E-state index in [1.807, 2.05) is 37.3 Å². The highest BCUT2D eigenvalue weighted by Gasteiger charge is 2.35. The van der Waals surface area contributed by atoms with E-state index in [-0.39, 0.29) is 23.5 Å². The van der Waals surface area contributed by atoms with Crippen molar-refractivity contribution >= 4 is 11.6 Å². The molecule has 0 fully saturated rings. The van der Waals surface area contributed by atoms with Crippen LogP contribution >= 0.6 is 0 Å². The quantitative estimate of drug-likeness (QED) is 0.807. The summed E-state index contributed by atoms with van der Waals surface area (Å²) in [5, 5.41) is 12.5. The Labute approximate surface area is 111 Å². The molecule has 2 aromatic rings. The van der Waals surface area contributed by atoms with Crippen molar-refractivity contribution in [3.63, 3.8) is 0 Å². The Morgan fingerprint density at radius 3 is 2.63 bits per heavy atom. The molecule has 2 N–H and O–H groups in total. The van der Waals surface area contributed by atoms with Gasteiger partial charge in [-0.25, -0.2) is 0 Å². The topological polar surface area (TPSA) is 49.3 Å². The molecule has 1 aliphatic heterocycles. The summed E-state index contributed by atoms with van der Waals surface area (Å²) in [6.45, 7) is 2.04. The van der Waals surface area contributed by atoms with Gasteiger partial charge in [-0.15, -0.1) is 0 Å². The lowest BCUT2D eigenvalue weighted by molar-refractivity contribution is -0.117. The summed E-state index contributed by atoms with van der Waals surface area (Å²) < 4.78 is 0. The van der Waals surface area contributed by atoms with Crippen molar-refractivity contribution in [2.24, 2.45) is 0 Å². The van der Waals surface area contributed by atoms with E-state index >= 15 is 0 Å². The molecule has 3 rings (SSSR count). The summed E-state index contributed by atoms with van der Waals surface area (Å²) in [4.78, 5) is 12.2. The largest absolute Gasteiger partial charge is 0.508 e. The number of carbonyl (C=O) groups excluding carboxylic acids is 1. The molecule has 2 unspecified atom stereocenters. The smallest absolute Gasteiger partial charge is 0.232 e. The van der Waals surface area contributed by atoms with Gasteiger partial charge in [0.05, 0.1) is 5.92 Å². The number of phenolic OH excluding ortho intramolecular Hbond substituents is 1. The summed E-state index contributed by atoms with van der Waals surface area (Å²) in [7, 11) is 0. The molecule has 19 heavy (non-hydrogen) atoms. The second-order valence-corrected chi connectivity index (χ2v) is 4.94. The predicted molar refractivity (Wildman–Crippen MR) is 74.3 cm³/mol. The molecule has 1 aliphatic rings. The Hall–Kier alpha value is -2.29. The number of carbonyl (C=O) groups is 1. The van der Waals surface area contributed by atoms with Gasteiger partial charge in [0, 0.05) is 5.69 Å². The van der Waals surface area contributed by atoms with Crippen LogP contribution in [0, 0.1) is 0 Å². The van der Waals surface area contributed by atoms with Crippen molar-refractivity contribution in [3.8, 4) is 5.75 Å². The van der Waals surface area contributed by atoms with Gasteiger partial charge in [-0.05, 0) is 35.2 Å². The number of nitrogens with one attached hydrogen (secondary N) is 1. The number of phenols is 1. The average Bonchev–Trinajstić information content (AvgIpc) is 2.74. The third-order valence-corrected chi connectivity index (χ3v) is 3.74. The Morgan fingerprint density at radius 2 is 1.89 bits per heavy atom. The van der Waals surface area contributed by atoms with Crippen LogP contribution in [0.5, 0.6) is 5.75 Å². The third-order valence-electron chi connectivity index (χ3n) is 3.74. The molecule has 2 aromatic carbocycles. The van der Waals surface area contributed by atoms with Gasteiger partial charge in [-0.2, -0.15) is 0 Å². The second-order valence-electron chi connectivity index (χ2n) is 4.94. The van der Waals surface area contributed by atoms with Gasteiger partial charge in [0.2, 0.25) is 5.91 Å². The van der Waals surface area contributed by atoms with Crippen LogP contribution in [0.1, 0.15) is 29.9 Å². The van der Waals surface area contributed by atoms with Gasteiger partial charge in [0.1, 0.15) is 5.75 Å². The molecule has 3 heteroatoms. The first-order valence-corrected chi connectivity index (χ1v) is 6.35. The van der Waals surface area contributed by atoms with E-state index in [2.05, 4.69) is 5.32 Å². The predicted octanol–water partition coefficient (Wildman–Crippen LogP) is 3.23. The molecule has 2 atom stereocenters. The van der Waals surface area contributed by atoms with Gasteiger partial charge in [0.15, 0.2) is 0 Å². The highest BCUT2D eigenvalue weighted by Crippen LogP contribution is 2.42. The zero-order valence-electron chi connectivity index (χ0n) is 10.6. The molecular weight excluding hydrogens is 238 g/mol.